The van der Waals surface area contributed by atoms with E-state index >= 15 is 0 Å². The lowest BCUT2D eigenvalue weighted by molar-refractivity contribution is -0.399. The maximum Gasteiger partial charge on any atom is 0.483 e. The summed E-state index contributed by atoms with van der Waals surface area (Å²) in [6, 6.07) is 0. The number of aliphatic hydroxyl groups is 18. The van der Waals surface area contributed by atoms with E-state index in [2.05, 4.69) is 134 Å². The third kappa shape index (κ3) is 37.1. The van der Waals surface area contributed by atoms with Crippen LogP contribution in [-0.4, -0.2) is 337 Å². The third-order valence-corrected chi connectivity index (χ3v) is 26.6. The van der Waals surface area contributed by atoms with Crippen molar-refractivity contribution >= 4 is 21.6 Å². The number of allylic oxidation sites excluding steroid dienone is 21. The van der Waals surface area contributed by atoms with Gasteiger partial charge in [0.25, 0.3) is 0 Å². The van der Waals surface area contributed by atoms with Gasteiger partial charge in [-0.1, -0.05) is 128 Å². The largest absolute Gasteiger partial charge is 0.483 e. The van der Waals surface area contributed by atoms with E-state index in [9.17, 15) is 121 Å². The Hall–Kier alpha value is -4.29. The van der Waals surface area contributed by atoms with Crippen molar-refractivity contribution in [3.63, 3.8) is 0 Å². The molecule has 0 saturated carbocycles. The highest BCUT2D eigenvalue weighted by Gasteiger charge is 2.59. The Morgan fingerprint density at radius 3 is 1.00 bits per heavy atom. The van der Waals surface area contributed by atoms with Crippen LogP contribution in [0.1, 0.15) is 212 Å². The summed E-state index contributed by atoms with van der Waals surface area (Å²) in [6.45, 7) is 19.9. The number of carboxylic acids is 1. The van der Waals surface area contributed by atoms with Crippen LogP contribution in [0.2, 0.25) is 0 Å². The number of phosphoric acid groups is 2. The highest BCUT2D eigenvalue weighted by Crippen LogP contribution is 2.61. The molecule has 0 aromatic rings. The highest BCUT2D eigenvalue weighted by atomic mass is 31.3. The van der Waals surface area contributed by atoms with Crippen LogP contribution in [0.4, 0.5) is 0 Å². The topological polar surface area (TPSA) is 605 Å². The standard InChI is InChI=1S/C91H150O38P2/c1-13-50(2)24-14-25-51(3)26-15-27-52(4)28-16-29-53(5)30-17-31-54(6)32-18-33-55(7)34-19-35-56(8)36-20-37-57(9)38-21-39-58(10)40-22-41-59(11)42-23-43-60(12)48-117-130(112,113)129-131(114,115)128-90-78(108)73(103)80(64(47-95)121-90)123-89-79(109)81(69(99)63(46-94)119-89)124-91-83(72(102)67(97)62(45-93)120-91)126-88-77(107)74(104)82(84(127-88)85(110)111)125-87-76(106)71(101)68(98)65(122-87)49-116-86-75(105)70(100)66(96)61(44-92)118-86/h13,25,27,29,31,33,35,37,39,41,43,61-84,86-109H,14-24,26,28,30,32,34,36,38,40,42,44-49H2,1-12H3,(H,110,111)(H,112,113)(H,114,115)/b50-13-,51-25-,52-27-,53-29-,54-31-,55-33-,56-35-,57-37-,58-39+,59-41+,60-43+/t61-,62-,63-,64-,65-,66-,67-,68-,69-,70+,71+,72+,73-,74-,75-,76-,77-,78-,79-,80-,81+,82+,83+,84+,86-,87-,88-,89+,90-,91-/m1/s1. The number of phosphoric ester groups is 2. The van der Waals surface area contributed by atoms with Crippen molar-refractivity contribution in [3.8, 4) is 0 Å². The molecule has 6 fully saturated rings. The molecule has 131 heavy (non-hydrogen) atoms. The Morgan fingerprint density at radius 1 is 0.298 bits per heavy atom. The van der Waals surface area contributed by atoms with Gasteiger partial charge < -0.3 is 159 Å². The minimum absolute atomic E-state index is 0.437. The molecule has 32 atom stereocenters. The molecule has 0 aromatic heterocycles. The van der Waals surface area contributed by atoms with Crippen LogP contribution in [0.5, 0.6) is 0 Å². The first kappa shape index (κ1) is 115. The summed E-state index contributed by atoms with van der Waals surface area (Å²) in [4.78, 5) is 34.1. The van der Waals surface area contributed by atoms with E-state index in [0.717, 1.165) is 121 Å². The number of rotatable bonds is 53. The molecule has 2 unspecified atom stereocenters. The van der Waals surface area contributed by atoms with E-state index < -0.39 is 245 Å². The van der Waals surface area contributed by atoms with Crippen LogP contribution in [0, 0.1) is 0 Å². The van der Waals surface area contributed by atoms with Gasteiger partial charge in [-0.05, 0) is 212 Å². The van der Waals surface area contributed by atoms with E-state index in [4.69, 9.17) is 61.2 Å². The fraction of sp³-hybridized carbons (Fsp3) is 0.747. The van der Waals surface area contributed by atoms with Crippen LogP contribution in [-0.2, 0) is 79.4 Å². The molecule has 21 N–H and O–H groups in total. The minimum atomic E-state index is -5.84. The Balaban J connectivity index is 0.904. The van der Waals surface area contributed by atoms with Gasteiger partial charge in [-0.2, -0.15) is 4.31 Å². The molecule has 0 bridgehead atoms. The highest BCUT2D eigenvalue weighted by molar-refractivity contribution is 7.61. The van der Waals surface area contributed by atoms with Crippen molar-refractivity contribution in [2.24, 2.45) is 0 Å². The predicted octanol–water partition coefficient (Wildman–Crippen LogP) is 5.48. The van der Waals surface area contributed by atoms with E-state index in [1.54, 1.807) is 13.0 Å². The van der Waals surface area contributed by atoms with Crippen molar-refractivity contribution < 1.29 is 186 Å². The lowest BCUT2D eigenvalue weighted by atomic mass is 9.95. The Bertz CT molecular complexity index is 3910. The number of ether oxygens (including phenoxy) is 11. The van der Waals surface area contributed by atoms with Gasteiger partial charge in [0.05, 0.1) is 39.6 Å². The number of hydrogen-bond donors (Lipinski definition) is 21. The minimum Gasteiger partial charge on any atom is -0.479 e. The Morgan fingerprint density at radius 2 is 0.588 bits per heavy atom. The molecule has 0 aromatic carbocycles. The van der Waals surface area contributed by atoms with Gasteiger partial charge in [-0.25, -0.2) is 13.9 Å². The summed E-state index contributed by atoms with van der Waals surface area (Å²) in [5.41, 5.74) is 14.4. The normalized spacial score (nSPS) is 35.7. The van der Waals surface area contributed by atoms with E-state index in [-0.39, 0.29) is 0 Å². The van der Waals surface area contributed by atoms with Crippen molar-refractivity contribution in [1.29, 1.82) is 0 Å². The van der Waals surface area contributed by atoms with Gasteiger partial charge in [0.15, 0.2) is 43.8 Å². The smallest absolute Gasteiger partial charge is 0.479 e. The average molecular weight is 1910 g/mol. The first-order chi connectivity index (χ1) is 61.9. The maximum absolute atomic E-state index is 13.3. The second kappa shape index (κ2) is 57.3. The summed E-state index contributed by atoms with van der Waals surface area (Å²) in [6.07, 6.45) is -19.9. The molecule has 6 aliphatic heterocycles. The summed E-state index contributed by atoms with van der Waals surface area (Å²) < 4.78 is 102. The van der Waals surface area contributed by atoms with Crippen LogP contribution in [0.25, 0.3) is 0 Å². The number of hydrogen-bond acceptors (Lipinski definition) is 35. The molecule has 0 radical (unpaired) electrons. The zero-order valence-electron chi connectivity index (χ0n) is 77.3. The molecule has 6 heterocycles. The fourth-order valence-electron chi connectivity index (χ4n) is 15.5. The zero-order valence-corrected chi connectivity index (χ0v) is 79.1. The number of carbonyl (C=O) groups is 1. The van der Waals surface area contributed by atoms with Gasteiger partial charge in [0.1, 0.15) is 140 Å². The lowest BCUT2D eigenvalue weighted by Crippen LogP contribution is -2.68. The lowest BCUT2D eigenvalue weighted by Gasteiger charge is -2.49. The first-order valence-corrected chi connectivity index (χ1v) is 48.1. The monoisotopic (exact) mass is 1910 g/mol. The molecule has 6 rings (SSSR count). The Kier molecular flexibility index (Phi) is 50.5. The second-order valence-electron chi connectivity index (χ2n) is 35.2. The summed E-state index contributed by atoms with van der Waals surface area (Å²) in [5, 5.41) is 206. The Labute approximate surface area is 767 Å². The molecule has 40 heteroatoms. The number of carboxylic acid groups (broad SMARTS) is 1. The molecule has 0 spiro atoms. The van der Waals surface area contributed by atoms with Gasteiger partial charge in [-0.3, -0.25) is 9.05 Å². The SMILES string of the molecule is C/C=C(/C)CC/C=C(/C)CC/C=C(/C)CC/C=C(/C)CC/C=C(/C)CC/C=C(/C)CC/C=C(/C)CC/C=C(/C)CC/C=C(\C)CC/C=C(\C)CC/C=C(\C)COP(=O)(O)OP(=O)(O)O[C@H]1O[C@H](CO)[C@@H](O[C@@H]2O[C@H](CO)[C@@H](O)[C@H](O[C@H]3O[C@H](CO)[C@@H](O)[C@H](O)[C@@H]3O[C@@H]3O[C@H](C(=O)O)[C@@H](O[C@H]4O[C@H](CO[C@@H]5O[C@H](CO)[C@@H](O)[C@H](O)[C@H]5O)[C@@H](O)[C@H](O)[C@H]4O)[C@H](O)[C@H]3O)[C@H]2O)[C@H](O)[C@H]1O. The first-order valence-electron chi connectivity index (χ1n) is 45.1. The van der Waals surface area contributed by atoms with Crippen LogP contribution in [0.15, 0.2) is 128 Å². The quantitative estimate of drug-likeness (QED) is 0.0265. The van der Waals surface area contributed by atoms with Crippen molar-refractivity contribution in [1.82, 2.24) is 0 Å². The number of aliphatic hydroxyl groups excluding tert-OH is 18. The summed E-state index contributed by atoms with van der Waals surface area (Å²) >= 11 is 0. The van der Waals surface area contributed by atoms with Crippen molar-refractivity contribution in [2.45, 2.75) is 396 Å². The molecule has 38 nitrogen and oxygen atoms in total. The maximum atomic E-state index is 13.3. The van der Waals surface area contributed by atoms with E-state index in [0.29, 0.717) is 18.4 Å². The summed E-state index contributed by atoms with van der Waals surface area (Å²) in [7, 11) is -11.3. The molecule has 0 amide bonds. The molecule has 752 valence electrons. The average Bonchev–Trinajstić information content (AvgIpc) is 0.768. The van der Waals surface area contributed by atoms with Gasteiger partial charge in [0, 0.05) is 0 Å². The van der Waals surface area contributed by atoms with Crippen LogP contribution < -0.4 is 0 Å². The fourth-order valence-corrected chi connectivity index (χ4v) is 17.7. The predicted molar refractivity (Wildman–Crippen MR) is 475 cm³/mol. The molecule has 0 aliphatic carbocycles. The molecule has 6 aliphatic rings. The van der Waals surface area contributed by atoms with Gasteiger partial charge >= 0.3 is 21.6 Å². The van der Waals surface area contributed by atoms with Gasteiger partial charge in [0.2, 0.25) is 0 Å². The van der Waals surface area contributed by atoms with Gasteiger partial charge in [-0.15, -0.1) is 0 Å². The van der Waals surface area contributed by atoms with Crippen molar-refractivity contribution in [2.75, 3.05) is 39.6 Å². The van der Waals surface area contributed by atoms with Crippen LogP contribution >= 0.6 is 15.6 Å². The third-order valence-electron chi connectivity index (χ3n) is 24.1. The second-order valence-corrected chi connectivity index (χ2v) is 38.2. The molecular formula is C91H150O38P2. The van der Waals surface area contributed by atoms with Crippen molar-refractivity contribution in [3.05, 3.63) is 128 Å². The molecule has 6 saturated heterocycles. The van der Waals surface area contributed by atoms with E-state index in [1.807, 2.05) is 6.92 Å². The number of aliphatic carboxylic acids is 1. The molecular weight excluding hydrogens is 1760 g/mol. The van der Waals surface area contributed by atoms with Crippen LogP contribution in [0.3, 0.4) is 0 Å². The summed E-state index contributed by atoms with van der Waals surface area (Å²) in [5.74, 6) is -2.00. The zero-order chi connectivity index (χ0) is 97.3. The van der Waals surface area contributed by atoms with E-state index in [1.165, 1.54) is 50.2 Å².